The van der Waals surface area contributed by atoms with Crippen molar-refractivity contribution in [1.29, 1.82) is 0 Å². The van der Waals surface area contributed by atoms with Gasteiger partial charge in [-0.25, -0.2) is 21.9 Å². The molecule has 1 N–H and O–H groups in total. The van der Waals surface area contributed by atoms with Crippen molar-refractivity contribution in [1.82, 2.24) is 14.6 Å². The van der Waals surface area contributed by atoms with Gasteiger partial charge >= 0.3 is 6.18 Å². The molecule has 1 aliphatic heterocycles. The number of carbonyl (C=O) groups is 1. The summed E-state index contributed by atoms with van der Waals surface area (Å²) in [5.41, 5.74) is -2.36. The molecule has 0 unspecified atom stereocenters. The molecule has 7 nitrogen and oxygen atoms in total. The van der Waals surface area contributed by atoms with Crippen molar-refractivity contribution in [3.8, 4) is 5.75 Å². The van der Waals surface area contributed by atoms with Crippen molar-refractivity contribution in [3.05, 3.63) is 57.6 Å². The summed E-state index contributed by atoms with van der Waals surface area (Å²) >= 11 is 5.98. The summed E-state index contributed by atoms with van der Waals surface area (Å²) in [6, 6.07) is 3.03. The predicted molar refractivity (Wildman–Crippen MR) is 129 cm³/mol. The van der Waals surface area contributed by atoms with Crippen LogP contribution >= 0.6 is 11.6 Å². The first kappa shape index (κ1) is 28.5. The number of aromatic nitrogens is 1. The van der Waals surface area contributed by atoms with E-state index in [1.807, 2.05) is 4.90 Å². The van der Waals surface area contributed by atoms with Crippen LogP contribution in [0.1, 0.15) is 58.8 Å². The van der Waals surface area contributed by atoms with Crippen LogP contribution in [0.5, 0.6) is 5.75 Å². The number of alkyl halides is 4. The van der Waals surface area contributed by atoms with Gasteiger partial charge in [-0.15, -0.1) is 0 Å². The Morgan fingerprint density at radius 2 is 1.89 bits per heavy atom. The summed E-state index contributed by atoms with van der Waals surface area (Å²) in [6.07, 6.45) is -1.41. The molecule has 0 bridgehead atoms. The fourth-order valence-corrected chi connectivity index (χ4v) is 4.89. The Bertz CT molecular complexity index is 1330. The van der Waals surface area contributed by atoms with Gasteiger partial charge in [0.1, 0.15) is 23.8 Å². The average Bonchev–Trinajstić information content (AvgIpc) is 3.64. The number of nitrogens with one attached hydrogen (secondary N) is 1. The predicted octanol–water partition coefficient (Wildman–Crippen LogP) is 4.84. The smallest absolute Gasteiger partial charge is 0.417 e. The van der Waals surface area contributed by atoms with E-state index in [1.165, 1.54) is 6.07 Å². The molecule has 0 spiro atoms. The summed E-state index contributed by atoms with van der Waals surface area (Å²) < 4.78 is 98.8. The highest BCUT2D eigenvalue weighted by Crippen LogP contribution is 2.45. The fraction of sp³-hybridized carbons (Fsp3) is 0.500. The third kappa shape index (κ3) is 7.11. The van der Waals surface area contributed by atoms with Gasteiger partial charge in [0, 0.05) is 31.9 Å². The van der Waals surface area contributed by atoms with Crippen LogP contribution in [-0.4, -0.2) is 55.8 Å². The molecular formula is C24H25ClF5N3O4S. The molecular weight excluding hydrogens is 557 g/mol. The maximum Gasteiger partial charge on any atom is 0.417 e. The van der Waals surface area contributed by atoms with Gasteiger partial charge in [0.2, 0.25) is 10.0 Å². The van der Waals surface area contributed by atoms with Gasteiger partial charge in [0.15, 0.2) is 0 Å². The molecule has 0 atom stereocenters. The maximum absolute atomic E-state index is 15.5. The molecule has 2 fully saturated rings. The van der Waals surface area contributed by atoms with Crippen LogP contribution < -0.4 is 9.46 Å². The molecule has 38 heavy (non-hydrogen) atoms. The van der Waals surface area contributed by atoms with Gasteiger partial charge in [-0.3, -0.25) is 14.7 Å². The lowest BCUT2D eigenvalue weighted by Gasteiger charge is -2.36. The summed E-state index contributed by atoms with van der Waals surface area (Å²) in [5.74, 6) is -2.00. The van der Waals surface area contributed by atoms with Gasteiger partial charge in [-0.1, -0.05) is 11.6 Å². The Kier molecular flexibility index (Phi) is 7.93. The molecule has 1 saturated carbocycles. The monoisotopic (exact) mass is 581 g/mol. The molecule has 1 aromatic carbocycles. The quantitative estimate of drug-likeness (QED) is 0.449. The second-order valence-electron chi connectivity index (χ2n) is 9.71. The molecule has 1 aliphatic carbocycles. The first-order valence-electron chi connectivity index (χ1n) is 11.7. The number of piperidine rings is 1. The third-order valence-electron chi connectivity index (χ3n) is 6.50. The minimum absolute atomic E-state index is 0.00576. The number of ether oxygens (including phenoxy) is 1. The van der Waals surface area contributed by atoms with E-state index >= 15 is 4.39 Å². The summed E-state index contributed by atoms with van der Waals surface area (Å²) in [7, 11) is -3.89. The molecule has 0 radical (unpaired) electrons. The summed E-state index contributed by atoms with van der Waals surface area (Å²) in [6.45, 7) is 0.330. The van der Waals surface area contributed by atoms with Crippen LogP contribution in [0.15, 0.2) is 24.4 Å². The second-order valence-corrected chi connectivity index (χ2v) is 11.9. The van der Waals surface area contributed by atoms with Crippen molar-refractivity contribution in [2.75, 3.05) is 26.0 Å². The van der Waals surface area contributed by atoms with Crippen LogP contribution in [0.3, 0.4) is 0 Å². The van der Waals surface area contributed by atoms with E-state index in [0.29, 0.717) is 11.8 Å². The minimum Gasteiger partial charge on any atom is -0.490 e. The first-order valence-corrected chi connectivity index (χ1v) is 14.0. The van der Waals surface area contributed by atoms with E-state index in [-0.39, 0.29) is 61.5 Å². The molecule has 1 saturated heterocycles. The van der Waals surface area contributed by atoms with E-state index < -0.39 is 44.7 Å². The molecule has 14 heteroatoms. The maximum atomic E-state index is 15.5. The molecule has 4 rings (SSSR count). The normalized spacial score (nSPS) is 18.3. The highest BCUT2D eigenvalue weighted by Gasteiger charge is 2.37. The van der Waals surface area contributed by atoms with Crippen molar-refractivity contribution in [2.45, 2.75) is 50.0 Å². The standard InChI is InChI=1S/C24H25ClF5N3O4S/c1-38(35,36)32-22(34)17-9-16(14-2-3-14)21(10-19(17)26)37-13-23(27)4-6-33(7-5-23)12-20-18(25)8-15(11-31-20)24(28,29)30/h8-11,14H,2-7,12-13H2,1H3,(H,32,34). The number of nitrogens with zero attached hydrogens (tertiary/aromatic N) is 2. The topological polar surface area (TPSA) is 88.6 Å². The number of amides is 1. The zero-order valence-electron chi connectivity index (χ0n) is 20.2. The van der Waals surface area contributed by atoms with Crippen molar-refractivity contribution in [2.24, 2.45) is 0 Å². The van der Waals surface area contributed by atoms with E-state index in [2.05, 4.69) is 4.98 Å². The zero-order valence-corrected chi connectivity index (χ0v) is 21.8. The van der Waals surface area contributed by atoms with E-state index in [9.17, 15) is 30.8 Å². The number of sulfonamides is 1. The number of benzene rings is 1. The lowest BCUT2D eigenvalue weighted by atomic mass is 9.94. The molecule has 208 valence electrons. The first-order chi connectivity index (χ1) is 17.6. The van der Waals surface area contributed by atoms with Crippen molar-refractivity contribution in [3.63, 3.8) is 0 Å². The SMILES string of the molecule is CS(=O)(=O)NC(=O)c1cc(C2CC2)c(OCC2(F)CCN(Cc3ncc(C(F)(F)F)cc3Cl)CC2)cc1F. The lowest BCUT2D eigenvalue weighted by Crippen LogP contribution is -2.44. The molecule has 1 aromatic heterocycles. The second kappa shape index (κ2) is 10.6. The zero-order chi connectivity index (χ0) is 27.9. The number of pyridine rings is 1. The number of likely N-dealkylation sites (tertiary alicyclic amines) is 1. The van der Waals surface area contributed by atoms with Gasteiger partial charge in [0.25, 0.3) is 5.91 Å². The molecule has 1 amide bonds. The highest BCUT2D eigenvalue weighted by molar-refractivity contribution is 7.89. The summed E-state index contributed by atoms with van der Waals surface area (Å²) in [5, 5.41) is -0.122. The Morgan fingerprint density at radius 1 is 1.24 bits per heavy atom. The van der Waals surface area contributed by atoms with Crippen LogP contribution in [0, 0.1) is 5.82 Å². The van der Waals surface area contributed by atoms with Crippen LogP contribution in [-0.2, 0) is 22.7 Å². The Hall–Kier alpha value is -2.51. The third-order valence-corrected chi connectivity index (χ3v) is 7.38. The number of hydrogen-bond donors (Lipinski definition) is 1. The van der Waals surface area contributed by atoms with Gasteiger partial charge in [0.05, 0.1) is 28.1 Å². The molecule has 2 heterocycles. The Labute approximate surface area is 221 Å². The van der Waals surface area contributed by atoms with Crippen molar-refractivity contribution < 1.29 is 39.9 Å². The number of rotatable bonds is 8. The van der Waals surface area contributed by atoms with Crippen LogP contribution in [0.4, 0.5) is 22.0 Å². The molecule has 2 aliphatic rings. The lowest BCUT2D eigenvalue weighted by molar-refractivity contribution is -0.137. The van der Waals surface area contributed by atoms with E-state index in [0.717, 1.165) is 31.2 Å². The molecule has 2 aromatic rings. The summed E-state index contributed by atoms with van der Waals surface area (Å²) in [4.78, 5) is 17.8. The Balaban J connectivity index is 1.38. The van der Waals surface area contributed by atoms with Crippen LogP contribution in [0.2, 0.25) is 5.02 Å². The van der Waals surface area contributed by atoms with Gasteiger partial charge in [-0.05, 0) is 49.3 Å². The largest absolute Gasteiger partial charge is 0.490 e. The number of hydrogen-bond acceptors (Lipinski definition) is 6. The van der Waals surface area contributed by atoms with E-state index in [4.69, 9.17) is 16.3 Å². The van der Waals surface area contributed by atoms with E-state index in [1.54, 1.807) is 4.72 Å². The number of carbonyl (C=O) groups excluding carboxylic acids is 1. The highest BCUT2D eigenvalue weighted by atomic mass is 35.5. The number of halogens is 6. The average molecular weight is 582 g/mol. The fourth-order valence-electron chi connectivity index (χ4n) is 4.22. The minimum atomic E-state index is -4.56. The van der Waals surface area contributed by atoms with Crippen molar-refractivity contribution >= 4 is 27.5 Å². The van der Waals surface area contributed by atoms with Gasteiger partial charge in [-0.2, -0.15) is 13.2 Å². The Morgan fingerprint density at radius 3 is 2.45 bits per heavy atom. The van der Waals surface area contributed by atoms with Crippen LogP contribution in [0.25, 0.3) is 0 Å². The van der Waals surface area contributed by atoms with Gasteiger partial charge < -0.3 is 4.74 Å².